The Hall–Kier alpha value is 0.270. The topological polar surface area (TPSA) is 32.3 Å². The van der Waals surface area contributed by atoms with E-state index >= 15 is 0 Å². The maximum absolute atomic E-state index is 9.52. The van der Waals surface area contributed by atoms with Crippen molar-refractivity contribution in [3.63, 3.8) is 0 Å². The van der Waals surface area contributed by atoms with E-state index in [9.17, 15) is 4.55 Å². The van der Waals surface area contributed by atoms with Crippen LogP contribution in [-0.4, -0.2) is 23.1 Å². The molecule has 0 saturated heterocycles. The summed E-state index contributed by atoms with van der Waals surface area (Å²) >= 11 is 0. The molecular formula is C7H19NOS. The molecule has 0 aromatic heterocycles. The lowest BCUT2D eigenvalue weighted by Crippen LogP contribution is -2.21. The van der Waals surface area contributed by atoms with Crippen LogP contribution in [0.15, 0.2) is 0 Å². The second kappa shape index (κ2) is 4.99. The number of unbranched alkanes of at least 4 members (excludes halogenated alkanes) is 1. The van der Waals surface area contributed by atoms with Gasteiger partial charge in [-0.25, -0.2) is 0 Å². The van der Waals surface area contributed by atoms with Crippen molar-refractivity contribution in [3.8, 4) is 0 Å². The molecule has 0 radical (unpaired) electrons. The first kappa shape index (κ1) is 10.3. The molecule has 0 saturated carbocycles. The quantitative estimate of drug-likeness (QED) is 0.612. The van der Waals surface area contributed by atoms with Crippen LogP contribution in [0.4, 0.5) is 0 Å². The van der Waals surface area contributed by atoms with Gasteiger partial charge in [0, 0.05) is 12.3 Å². The molecule has 10 heavy (non-hydrogen) atoms. The second-order valence-electron chi connectivity index (χ2n) is 2.58. The van der Waals surface area contributed by atoms with Crippen molar-refractivity contribution in [1.82, 2.24) is 4.72 Å². The van der Waals surface area contributed by atoms with E-state index in [1.807, 2.05) is 13.2 Å². The summed E-state index contributed by atoms with van der Waals surface area (Å²) in [6, 6.07) is 0. The maximum atomic E-state index is 9.52. The van der Waals surface area contributed by atoms with Crippen LogP contribution in [0.1, 0.15) is 26.7 Å². The maximum Gasteiger partial charge on any atom is 0.00816 e. The van der Waals surface area contributed by atoms with Gasteiger partial charge < -0.3 is 4.55 Å². The van der Waals surface area contributed by atoms with Crippen LogP contribution in [0, 0.1) is 0 Å². The van der Waals surface area contributed by atoms with E-state index in [-0.39, 0.29) is 0 Å². The Labute approximate surface area is 65.7 Å². The van der Waals surface area contributed by atoms with Gasteiger partial charge in [0.25, 0.3) is 0 Å². The summed E-state index contributed by atoms with van der Waals surface area (Å²) in [5, 5.41) is 0. The van der Waals surface area contributed by atoms with Gasteiger partial charge in [0.1, 0.15) is 0 Å². The van der Waals surface area contributed by atoms with Gasteiger partial charge in [-0.1, -0.05) is 30.8 Å². The molecular weight excluding hydrogens is 146 g/mol. The SMILES string of the molecule is CCCCNS(C)(O)CC. The van der Waals surface area contributed by atoms with Gasteiger partial charge in [-0.15, -0.1) is 0 Å². The van der Waals surface area contributed by atoms with Crippen LogP contribution in [-0.2, 0) is 0 Å². The molecule has 0 aromatic carbocycles. The molecule has 0 fully saturated rings. The molecule has 3 heteroatoms. The van der Waals surface area contributed by atoms with Crippen LogP contribution in [0.3, 0.4) is 0 Å². The van der Waals surface area contributed by atoms with Crippen molar-refractivity contribution >= 4 is 10.5 Å². The smallest absolute Gasteiger partial charge is 0.00816 e. The average molecular weight is 165 g/mol. The van der Waals surface area contributed by atoms with Crippen LogP contribution >= 0.6 is 10.5 Å². The molecule has 0 heterocycles. The summed E-state index contributed by atoms with van der Waals surface area (Å²) < 4.78 is 12.7. The molecule has 2 N–H and O–H groups in total. The minimum absolute atomic E-state index is 0.844. The first-order chi connectivity index (χ1) is 4.62. The van der Waals surface area contributed by atoms with Crippen molar-refractivity contribution in [2.24, 2.45) is 0 Å². The molecule has 64 valence electrons. The molecule has 0 rings (SSSR count). The Morgan fingerprint density at radius 2 is 2.00 bits per heavy atom. The van der Waals surface area contributed by atoms with Crippen LogP contribution in [0.5, 0.6) is 0 Å². The highest BCUT2D eigenvalue weighted by atomic mass is 32.3. The van der Waals surface area contributed by atoms with Crippen molar-refractivity contribution < 1.29 is 4.55 Å². The number of hydrogen-bond acceptors (Lipinski definition) is 2. The predicted molar refractivity (Wildman–Crippen MR) is 49.6 cm³/mol. The summed E-state index contributed by atoms with van der Waals surface area (Å²) in [5.74, 6) is 0.844. The highest BCUT2D eigenvalue weighted by molar-refractivity contribution is 8.26. The molecule has 1 unspecified atom stereocenters. The Bertz CT molecular complexity index is 85.7. The largest absolute Gasteiger partial charge is 0.339 e. The summed E-state index contributed by atoms with van der Waals surface area (Å²) in [7, 11) is -1.44. The Morgan fingerprint density at radius 3 is 2.40 bits per heavy atom. The third-order valence-electron chi connectivity index (χ3n) is 1.51. The zero-order valence-corrected chi connectivity index (χ0v) is 8.00. The van der Waals surface area contributed by atoms with E-state index in [1.54, 1.807) is 0 Å². The number of nitrogens with one attached hydrogen (secondary N) is 1. The number of rotatable bonds is 5. The van der Waals surface area contributed by atoms with Crippen molar-refractivity contribution in [2.75, 3.05) is 18.6 Å². The van der Waals surface area contributed by atoms with E-state index in [4.69, 9.17) is 0 Å². The lowest BCUT2D eigenvalue weighted by Gasteiger charge is -2.28. The van der Waals surface area contributed by atoms with Crippen LogP contribution < -0.4 is 4.72 Å². The molecule has 0 aromatic rings. The van der Waals surface area contributed by atoms with Gasteiger partial charge in [-0.2, -0.15) is 0 Å². The fraction of sp³-hybridized carbons (Fsp3) is 1.00. The molecule has 0 aliphatic carbocycles. The highest BCUT2D eigenvalue weighted by Crippen LogP contribution is 2.32. The lowest BCUT2D eigenvalue weighted by molar-refractivity contribution is 0.609. The molecule has 0 amide bonds. The zero-order valence-electron chi connectivity index (χ0n) is 7.18. The van der Waals surface area contributed by atoms with E-state index in [1.165, 1.54) is 6.42 Å². The summed E-state index contributed by atoms with van der Waals surface area (Å²) in [6.07, 6.45) is 4.23. The minimum atomic E-state index is -1.44. The fourth-order valence-corrected chi connectivity index (χ4v) is 1.36. The second-order valence-corrected chi connectivity index (χ2v) is 5.52. The molecule has 0 spiro atoms. The van der Waals surface area contributed by atoms with Gasteiger partial charge in [-0.05, 0) is 12.7 Å². The lowest BCUT2D eigenvalue weighted by atomic mass is 10.3. The van der Waals surface area contributed by atoms with E-state index in [0.29, 0.717) is 0 Å². The van der Waals surface area contributed by atoms with Gasteiger partial charge in [0.15, 0.2) is 0 Å². The molecule has 2 nitrogen and oxygen atoms in total. The Balaban J connectivity index is 3.28. The fourth-order valence-electron chi connectivity index (χ4n) is 0.571. The molecule has 0 bridgehead atoms. The first-order valence-corrected chi connectivity index (χ1v) is 6.02. The van der Waals surface area contributed by atoms with E-state index < -0.39 is 10.5 Å². The van der Waals surface area contributed by atoms with Crippen molar-refractivity contribution in [1.29, 1.82) is 0 Å². The van der Waals surface area contributed by atoms with E-state index in [2.05, 4.69) is 11.6 Å². The molecule has 0 aliphatic rings. The third kappa shape index (κ3) is 5.09. The Kier molecular flexibility index (Phi) is 5.13. The van der Waals surface area contributed by atoms with Crippen LogP contribution in [0.25, 0.3) is 0 Å². The van der Waals surface area contributed by atoms with E-state index in [0.717, 1.165) is 18.7 Å². The third-order valence-corrected chi connectivity index (χ3v) is 3.46. The summed E-state index contributed by atoms with van der Waals surface area (Å²) in [4.78, 5) is 0. The molecule has 1 atom stereocenters. The van der Waals surface area contributed by atoms with Crippen molar-refractivity contribution in [2.45, 2.75) is 26.7 Å². The first-order valence-electron chi connectivity index (χ1n) is 3.85. The number of hydrogen-bond donors (Lipinski definition) is 2. The summed E-state index contributed by atoms with van der Waals surface area (Å²) in [5.41, 5.74) is 0. The van der Waals surface area contributed by atoms with Gasteiger partial charge >= 0.3 is 0 Å². The van der Waals surface area contributed by atoms with Crippen molar-refractivity contribution in [3.05, 3.63) is 0 Å². The molecule has 0 aliphatic heterocycles. The highest BCUT2D eigenvalue weighted by Gasteiger charge is 2.07. The normalized spacial score (nSPS) is 20.0. The van der Waals surface area contributed by atoms with Gasteiger partial charge in [-0.3, -0.25) is 4.72 Å². The summed E-state index contributed by atoms with van der Waals surface area (Å²) in [6.45, 7) is 5.11. The monoisotopic (exact) mass is 165 g/mol. The minimum Gasteiger partial charge on any atom is -0.339 e. The predicted octanol–water partition coefficient (Wildman–Crippen LogP) is 2.22. The average Bonchev–Trinajstić information content (AvgIpc) is 1.89. The van der Waals surface area contributed by atoms with Gasteiger partial charge in [0.2, 0.25) is 0 Å². The Morgan fingerprint density at radius 1 is 1.40 bits per heavy atom. The standard InChI is InChI=1S/C7H19NOS/c1-4-6-7-8-10(3,9)5-2/h8-9H,4-7H2,1-3H3. The van der Waals surface area contributed by atoms with Gasteiger partial charge in [0.05, 0.1) is 0 Å². The van der Waals surface area contributed by atoms with Crippen LogP contribution in [0.2, 0.25) is 0 Å². The zero-order chi connectivity index (χ0) is 8.04.